The topological polar surface area (TPSA) is 142 Å². The summed E-state index contributed by atoms with van der Waals surface area (Å²) in [4.78, 5) is 31.1. The molecule has 0 saturated carbocycles. The van der Waals surface area contributed by atoms with Gasteiger partial charge in [0.2, 0.25) is 0 Å². The molecule has 0 unspecified atom stereocenters. The van der Waals surface area contributed by atoms with E-state index in [1.54, 1.807) is 60.9 Å². The quantitative estimate of drug-likeness (QED) is 0.0871. The van der Waals surface area contributed by atoms with Crippen molar-refractivity contribution in [2.45, 2.75) is 13.3 Å². The van der Waals surface area contributed by atoms with Crippen LogP contribution in [0.15, 0.2) is 97.3 Å². The second-order valence-electron chi connectivity index (χ2n) is 9.39. The number of hydrogen-bond donors (Lipinski definition) is 3. The molecule has 1 aromatic heterocycles. The number of aromatic nitrogens is 2. The van der Waals surface area contributed by atoms with Gasteiger partial charge in [-0.15, -0.1) is 0 Å². The van der Waals surface area contributed by atoms with E-state index in [4.69, 9.17) is 25.4 Å². The molecule has 212 valence electrons. The van der Waals surface area contributed by atoms with Gasteiger partial charge in [-0.3, -0.25) is 10.2 Å². The van der Waals surface area contributed by atoms with E-state index in [0.717, 1.165) is 11.1 Å². The van der Waals surface area contributed by atoms with Crippen LogP contribution in [0.3, 0.4) is 0 Å². The van der Waals surface area contributed by atoms with Crippen molar-refractivity contribution < 1.29 is 23.8 Å². The number of imidazole rings is 1. The molecule has 0 aliphatic rings. The molecule has 10 nitrogen and oxygen atoms in total. The third-order valence-electron chi connectivity index (χ3n) is 6.55. The summed E-state index contributed by atoms with van der Waals surface area (Å²) in [5.74, 6) is -1.06. The summed E-state index contributed by atoms with van der Waals surface area (Å²) in [6.07, 6.45) is 1.65. The second-order valence-corrected chi connectivity index (χ2v) is 9.39. The number of esters is 1. The SMILES string of the molecule is COCOC(=O)c1ccccc1-c1cc2c(cc1C(=O)Nc1ccc(C(=N)N)cc1)ncn2COCc1ccccc1. The molecule has 0 radical (unpaired) electrons. The fourth-order valence-electron chi connectivity index (χ4n) is 4.47. The maximum absolute atomic E-state index is 13.7. The first kappa shape index (κ1) is 28.2. The maximum Gasteiger partial charge on any atom is 0.340 e. The van der Waals surface area contributed by atoms with E-state index in [1.165, 1.54) is 7.11 Å². The second kappa shape index (κ2) is 12.9. The Kier molecular flexibility index (Phi) is 8.67. The van der Waals surface area contributed by atoms with Crippen molar-refractivity contribution in [1.29, 1.82) is 5.41 Å². The van der Waals surface area contributed by atoms with Crippen molar-refractivity contribution in [2.75, 3.05) is 19.2 Å². The summed E-state index contributed by atoms with van der Waals surface area (Å²) in [5.41, 5.74) is 10.6. The van der Waals surface area contributed by atoms with Gasteiger partial charge >= 0.3 is 5.97 Å². The van der Waals surface area contributed by atoms with Gasteiger partial charge in [-0.1, -0.05) is 48.5 Å². The zero-order chi connectivity index (χ0) is 29.5. The van der Waals surface area contributed by atoms with Crippen molar-refractivity contribution >= 4 is 34.4 Å². The number of carbonyl (C=O) groups excluding carboxylic acids is 2. The number of amidine groups is 1. The number of nitrogens with zero attached hydrogens (tertiary/aromatic N) is 2. The highest BCUT2D eigenvalue weighted by Gasteiger charge is 2.22. The van der Waals surface area contributed by atoms with Crippen molar-refractivity contribution in [3.05, 3.63) is 120 Å². The number of ether oxygens (including phenoxy) is 3. The Morgan fingerprint density at radius 1 is 0.929 bits per heavy atom. The fourth-order valence-corrected chi connectivity index (χ4v) is 4.47. The standard InChI is InChI=1S/C32H29N5O5/c1-40-20-42-32(39)25-10-6-5-9-24(25)26-16-29-28(35-18-37(29)19-41-17-21-7-3-2-4-8-21)15-27(26)31(38)36-23-13-11-22(12-14-23)30(33)34/h2-16,18H,17,19-20H2,1H3,(H3,33,34)(H,36,38). The van der Waals surface area contributed by atoms with E-state index in [1.807, 2.05) is 41.0 Å². The Hall–Kier alpha value is -5.32. The van der Waals surface area contributed by atoms with Crippen LogP contribution in [0.4, 0.5) is 5.69 Å². The summed E-state index contributed by atoms with van der Waals surface area (Å²) in [6.45, 7) is 0.447. The minimum absolute atomic E-state index is 0.0686. The Balaban J connectivity index is 1.53. The van der Waals surface area contributed by atoms with Crippen LogP contribution >= 0.6 is 0 Å². The van der Waals surface area contributed by atoms with Crippen molar-refractivity contribution in [1.82, 2.24) is 9.55 Å². The highest BCUT2D eigenvalue weighted by atomic mass is 16.7. The Morgan fingerprint density at radius 3 is 2.40 bits per heavy atom. The van der Waals surface area contributed by atoms with Crippen LogP contribution in [0.1, 0.15) is 31.8 Å². The van der Waals surface area contributed by atoms with Gasteiger partial charge in [0, 0.05) is 23.9 Å². The van der Waals surface area contributed by atoms with E-state index < -0.39 is 11.9 Å². The normalized spacial score (nSPS) is 10.9. The number of amides is 1. The zero-order valence-electron chi connectivity index (χ0n) is 22.9. The molecule has 42 heavy (non-hydrogen) atoms. The molecule has 0 fully saturated rings. The third-order valence-corrected chi connectivity index (χ3v) is 6.55. The van der Waals surface area contributed by atoms with E-state index >= 15 is 0 Å². The smallest absolute Gasteiger partial charge is 0.340 e. The minimum atomic E-state index is -0.585. The number of rotatable bonds is 11. The molecule has 10 heteroatoms. The highest BCUT2D eigenvalue weighted by molar-refractivity contribution is 6.12. The molecule has 5 aromatic rings. The van der Waals surface area contributed by atoms with Gasteiger partial charge < -0.3 is 29.8 Å². The number of hydrogen-bond acceptors (Lipinski definition) is 7. The molecular weight excluding hydrogens is 534 g/mol. The van der Waals surface area contributed by atoms with Crippen LogP contribution in [-0.4, -0.2) is 41.2 Å². The van der Waals surface area contributed by atoms with Crippen LogP contribution in [0.25, 0.3) is 22.2 Å². The lowest BCUT2D eigenvalue weighted by Gasteiger charge is -2.15. The monoisotopic (exact) mass is 563 g/mol. The number of fused-ring (bicyclic) bond motifs is 1. The van der Waals surface area contributed by atoms with Crippen molar-refractivity contribution in [3.63, 3.8) is 0 Å². The predicted molar refractivity (Wildman–Crippen MR) is 159 cm³/mol. The number of carbonyl (C=O) groups is 2. The Labute approximate surface area is 242 Å². The molecule has 0 atom stereocenters. The molecule has 1 heterocycles. The molecular formula is C32H29N5O5. The van der Waals surface area contributed by atoms with Gasteiger partial charge in [-0.05, 0) is 59.2 Å². The van der Waals surface area contributed by atoms with Crippen LogP contribution in [-0.2, 0) is 27.5 Å². The first-order valence-corrected chi connectivity index (χ1v) is 13.1. The van der Waals surface area contributed by atoms with Gasteiger partial charge in [0.25, 0.3) is 5.91 Å². The van der Waals surface area contributed by atoms with E-state index in [9.17, 15) is 9.59 Å². The predicted octanol–water partition coefficient (Wildman–Crippen LogP) is 5.17. The molecule has 5 rings (SSSR count). The number of anilines is 1. The molecule has 0 aliphatic carbocycles. The molecule has 0 aliphatic heterocycles. The van der Waals surface area contributed by atoms with Gasteiger partial charge in [-0.2, -0.15) is 0 Å². The molecule has 0 spiro atoms. The number of nitrogens with two attached hydrogens (primary N) is 1. The van der Waals surface area contributed by atoms with Gasteiger partial charge in [0.05, 0.1) is 29.5 Å². The zero-order valence-corrected chi connectivity index (χ0v) is 22.9. The minimum Gasteiger partial charge on any atom is -0.435 e. The molecule has 4 N–H and O–H groups in total. The van der Waals surface area contributed by atoms with E-state index in [0.29, 0.717) is 40.1 Å². The first-order chi connectivity index (χ1) is 20.4. The van der Waals surface area contributed by atoms with Crippen LogP contribution < -0.4 is 11.1 Å². The largest absolute Gasteiger partial charge is 0.435 e. The summed E-state index contributed by atoms with van der Waals surface area (Å²) in [7, 11) is 1.43. The van der Waals surface area contributed by atoms with Gasteiger partial charge in [0.15, 0.2) is 6.79 Å². The van der Waals surface area contributed by atoms with Crippen LogP contribution in [0.2, 0.25) is 0 Å². The highest BCUT2D eigenvalue weighted by Crippen LogP contribution is 2.32. The Morgan fingerprint density at radius 2 is 1.67 bits per heavy atom. The van der Waals surface area contributed by atoms with Crippen molar-refractivity contribution in [3.8, 4) is 11.1 Å². The molecule has 0 saturated heterocycles. The Bertz CT molecular complexity index is 1730. The third kappa shape index (κ3) is 6.35. The van der Waals surface area contributed by atoms with Crippen LogP contribution in [0.5, 0.6) is 0 Å². The lowest BCUT2D eigenvalue weighted by molar-refractivity contribution is -0.0124. The summed E-state index contributed by atoms with van der Waals surface area (Å²) < 4.78 is 17.9. The lowest BCUT2D eigenvalue weighted by Crippen LogP contribution is -2.15. The maximum atomic E-state index is 13.7. The number of nitrogens with one attached hydrogen (secondary N) is 2. The van der Waals surface area contributed by atoms with Crippen molar-refractivity contribution in [2.24, 2.45) is 5.73 Å². The molecule has 4 aromatic carbocycles. The van der Waals surface area contributed by atoms with Gasteiger partial charge in [-0.25, -0.2) is 9.78 Å². The first-order valence-electron chi connectivity index (χ1n) is 13.1. The number of benzene rings is 4. The number of nitrogen functional groups attached to an aromatic ring is 1. The summed E-state index contributed by atoms with van der Waals surface area (Å²) in [5, 5.41) is 10.5. The molecule has 0 bridgehead atoms. The lowest BCUT2D eigenvalue weighted by atomic mass is 9.94. The average Bonchev–Trinajstić information content (AvgIpc) is 3.41. The van der Waals surface area contributed by atoms with E-state index in [2.05, 4.69) is 10.3 Å². The van der Waals surface area contributed by atoms with E-state index in [-0.39, 0.29) is 24.9 Å². The summed E-state index contributed by atoms with van der Waals surface area (Å²) in [6, 6.07) is 26.9. The average molecular weight is 564 g/mol. The number of methoxy groups -OCH3 is 1. The van der Waals surface area contributed by atoms with Crippen LogP contribution in [0, 0.1) is 5.41 Å². The summed E-state index contributed by atoms with van der Waals surface area (Å²) >= 11 is 0. The van der Waals surface area contributed by atoms with Gasteiger partial charge in [0.1, 0.15) is 12.6 Å². The fraction of sp³-hybridized carbons (Fsp3) is 0.125. The molecule has 1 amide bonds.